The molecule has 0 bridgehead atoms. The van der Waals surface area contributed by atoms with Crippen LogP contribution in [0.1, 0.15) is 59.3 Å². The van der Waals surface area contributed by atoms with Crippen LogP contribution in [0.3, 0.4) is 0 Å². The lowest BCUT2D eigenvalue weighted by Gasteiger charge is -2.39. The van der Waals surface area contributed by atoms with Gasteiger partial charge in [-0.1, -0.05) is 33.1 Å². The largest absolute Gasteiger partial charge is 0.382 e. The van der Waals surface area contributed by atoms with E-state index in [1.807, 2.05) is 7.11 Å². The molecular formula is C15H31NO. The molecule has 0 amide bonds. The van der Waals surface area contributed by atoms with Gasteiger partial charge in [-0.25, -0.2) is 0 Å². The third kappa shape index (κ3) is 5.39. The van der Waals surface area contributed by atoms with E-state index in [0.29, 0.717) is 11.5 Å². The Balaban J connectivity index is 2.46. The molecule has 2 heteroatoms. The maximum Gasteiger partial charge on any atom is 0.0549 e. The Bertz CT molecular complexity index is 197. The molecular weight excluding hydrogens is 210 g/mol. The van der Waals surface area contributed by atoms with Crippen LogP contribution in [-0.4, -0.2) is 26.3 Å². The van der Waals surface area contributed by atoms with Crippen LogP contribution in [0.25, 0.3) is 0 Å². The van der Waals surface area contributed by atoms with Crippen molar-refractivity contribution in [2.24, 2.45) is 11.3 Å². The predicted molar refractivity (Wildman–Crippen MR) is 74.3 cm³/mol. The molecule has 1 fully saturated rings. The van der Waals surface area contributed by atoms with Crippen molar-refractivity contribution in [3.05, 3.63) is 0 Å². The summed E-state index contributed by atoms with van der Waals surface area (Å²) < 4.78 is 5.48. The summed E-state index contributed by atoms with van der Waals surface area (Å²) in [5.41, 5.74) is 0.503. The first-order valence-corrected chi connectivity index (χ1v) is 7.31. The summed E-state index contributed by atoms with van der Waals surface area (Å²) in [4.78, 5) is 0. The average Bonchev–Trinajstić information content (AvgIpc) is 2.29. The maximum absolute atomic E-state index is 5.48. The number of ether oxygens (including phenoxy) is 1. The number of rotatable bonds is 7. The summed E-state index contributed by atoms with van der Waals surface area (Å²) in [5.74, 6) is 0.746. The van der Waals surface area contributed by atoms with Crippen molar-refractivity contribution >= 4 is 0 Å². The highest BCUT2D eigenvalue weighted by molar-refractivity contribution is 4.86. The van der Waals surface area contributed by atoms with Gasteiger partial charge < -0.3 is 10.1 Å². The smallest absolute Gasteiger partial charge is 0.0549 e. The highest BCUT2D eigenvalue weighted by Gasteiger charge is 2.33. The third-order valence-electron chi connectivity index (χ3n) is 4.09. The van der Waals surface area contributed by atoms with Crippen molar-refractivity contribution in [1.82, 2.24) is 5.32 Å². The molecule has 1 rings (SSSR count). The van der Waals surface area contributed by atoms with E-state index in [-0.39, 0.29) is 0 Å². The number of nitrogens with one attached hydrogen (secondary N) is 1. The van der Waals surface area contributed by atoms with Gasteiger partial charge in [-0.15, -0.1) is 0 Å². The van der Waals surface area contributed by atoms with E-state index in [2.05, 4.69) is 26.1 Å². The molecule has 0 radical (unpaired) electrons. The number of hydrogen-bond donors (Lipinski definition) is 1. The summed E-state index contributed by atoms with van der Waals surface area (Å²) in [7, 11) is 1.84. The molecule has 1 aliphatic rings. The Labute approximate surface area is 108 Å². The van der Waals surface area contributed by atoms with E-state index in [9.17, 15) is 0 Å². The van der Waals surface area contributed by atoms with Crippen molar-refractivity contribution in [1.29, 1.82) is 0 Å². The fourth-order valence-corrected chi connectivity index (χ4v) is 3.07. The minimum absolute atomic E-state index is 0.397. The second kappa shape index (κ2) is 7.38. The Hall–Kier alpha value is -0.0800. The monoisotopic (exact) mass is 241 g/mol. The molecule has 1 N–H and O–H groups in total. The van der Waals surface area contributed by atoms with Crippen LogP contribution in [-0.2, 0) is 4.74 Å². The van der Waals surface area contributed by atoms with Gasteiger partial charge in [0.1, 0.15) is 0 Å². The topological polar surface area (TPSA) is 21.3 Å². The van der Waals surface area contributed by atoms with E-state index in [0.717, 1.165) is 12.5 Å². The Kier molecular flexibility index (Phi) is 6.50. The second-order valence-corrected chi connectivity index (χ2v) is 6.34. The Morgan fingerprint density at radius 2 is 1.76 bits per heavy atom. The zero-order valence-electron chi connectivity index (χ0n) is 12.2. The van der Waals surface area contributed by atoms with Gasteiger partial charge in [0.05, 0.1) is 6.10 Å². The molecule has 1 atom stereocenters. The second-order valence-electron chi connectivity index (χ2n) is 6.34. The Morgan fingerprint density at radius 3 is 2.29 bits per heavy atom. The van der Waals surface area contributed by atoms with Gasteiger partial charge in [0, 0.05) is 13.7 Å². The third-order valence-corrected chi connectivity index (χ3v) is 4.09. The molecule has 0 spiro atoms. The first-order valence-electron chi connectivity index (χ1n) is 7.31. The van der Waals surface area contributed by atoms with Gasteiger partial charge >= 0.3 is 0 Å². The molecule has 1 saturated carbocycles. The zero-order chi connectivity index (χ0) is 12.7. The molecule has 0 aromatic rings. The summed E-state index contributed by atoms with van der Waals surface area (Å²) in [6.45, 7) is 9.08. The summed E-state index contributed by atoms with van der Waals surface area (Å²) in [6.07, 6.45) is 8.60. The highest BCUT2D eigenvalue weighted by atomic mass is 16.5. The van der Waals surface area contributed by atoms with E-state index in [4.69, 9.17) is 4.74 Å². The molecule has 1 unspecified atom stereocenters. The molecule has 0 saturated heterocycles. The maximum atomic E-state index is 5.48. The fraction of sp³-hybridized carbons (Fsp3) is 1.00. The van der Waals surface area contributed by atoms with Gasteiger partial charge in [-0.3, -0.25) is 0 Å². The van der Waals surface area contributed by atoms with Crippen LogP contribution >= 0.6 is 0 Å². The SMILES string of the molecule is COC(C)CC1(CNCC(C)C)CCCCC1. The molecule has 1 aliphatic carbocycles. The molecule has 0 aromatic heterocycles. The van der Waals surface area contributed by atoms with Crippen LogP contribution in [0.15, 0.2) is 0 Å². The quantitative estimate of drug-likeness (QED) is 0.735. The van der Waals surface area contributed by atoms with E-state index in [1.54, 1.807) is 0 Å². The summed E-state index contributed by atoms with van der Waals surface area (Å²) in [5, 5.41) is 3.67. The van der Waals surface area contributed by atoms with Gasteiger partial charge in [-0.2, -0.15) is 0 Å². The zero-order valence-corrected chi connectivity index (χ0v) is 12.2. The van der Waals surface area contributed by atoms with Crippen molar-refractivity contribution in [3.8, 4) is 0 Å². The standard InChI is InChI=1S/C15H31NO/c1-13(2)11-16-12-15(10-14(3)17-4)8-6-5-7-9-15/h13-14,16H,5-12H2,1-4H3. The van der Waals surface area contributed by atoms with Crippen molar-refractivity contribution in [2.45, 2.75) is 65.4 Å². The van der Waals surface area contributed by atoms with Crippen LogP contribution in [0.2, 0.25) is 0 Å². The van der Waals surface area contributed by atoms with E-state index >= 15 is 0 Å². The van der Waals surface area contributed by atoms with Crippen LogP contribution in [0.5, 0.6) is 0 Å². The lowest BCUT2D eigenvalue weighted by Crippen LogP contribution is -2.39. The van der Waals surface area contributed by atoms with Gasteiger partial charge in [-0.05, 0) is 44.1 Å². The van der Waals surface area contributed by atoms with E-state index < -0.39 is 0 Å². The predicted octanol–water partition coefficient (Wildman–Crippen LogP) is 3.61. The Morgan fingerprint density at radius 1 is 1.12 bits per heavy atom. The van der Waals surface area contributed by atoms with Crippen molar-refractivity contribution in [2.75, 3.05) is 20.2 Å². The minimum Gasteiger partial charge on any atom is -0.382 e. The molecule has 0 heterocycles. The van der Waals surface area contributed by atoms with Gasteiger partial charge in [0.25, 0.3) is 0 Å². The van der Waals surface area contributed by atoms with Crippen LogP contribution in [0, 0.1) is 11.3 Å². The normalized spacial score (nSPS) is 21.7. The number of methoxy groups -OCH3 is 1. The number of hydrogen-bond acceptors (Lipinski definition) is 2. The van der Waals surface area contributed by atoms with Gasteiger partial charge in [0.2, 0.25) is 0 Å². The lowest BCUT2D eigenvalue weighted by atomic mass is 9.70. The van der Waals surface area contributed by atoms with E-state index in [1.165, 1.54) is 45.1 Å². The average molecular weight is 241 g/mol. The molecule has 102 valence electrons. The van der Waals surface area contributed by atoms with Crippen LogP contribution < -0.4 is 5.32 Å². The molecule has 0 aromatic carbocycles. The van der Waals surface area contributed by atoms with Crippen molar-refractivity contribution in [3.63, 3.8) is 0 Å². The molecule has 17 heavy (non-hydrogen) atoms. The highest BCUT2D eigenvalue weighted by Crippen LogP contribution is 2.40. The van der Waals surface area contributed by atoms with Crippen molar-refractivity contribution < 1.29 is 4.74 Å². The first-order chi connectivity index (χ1) is 8.08. The molecule has 0 aliphatic heterocycles. The summed E-state index contributed by atoms with van der Waals surface area (Å²) in [6, 6.07) is 0. The van der Waals surface area contributed by atoms with Crippen LogP contribution in [0.4, 0.5) is 0 Å². The van der Waals surface area contributed by atoms with Gasteiger partial charge in [0.15, 0.2) is 0 Å². The minimum atomic E-state index is 0.397. The molecule has 2 nitrogen and oxygen atoms in total. The summed E-state index contributed by atoms with van der Waals surface area (Å²) >= 11 is 0. The lowest BCUT2D eigenvalue weighted by molar-refractivity contribution is 0.0448. The fourth-order valence-electron chi connectivity index (χ4n) is 3.07. The first kappa shape index (κ1) is 15.0.